The zero-order chi connectivity index (χ0) is 15.4. The van der Waals surface area contributed by atoms with Crippen molar-refractivity contribution < 1.29 is 9.90 Å². The van der Waals surface area contributed by atoms with Crippen molar-refractivity contribution in [2.75, 3.05) is 11.9 Å². The molecule has 2 aromatic rings. The summed E-state index contributed by atoms with van der Waals surface area (Å²) in [4.78, 5) is 17.0. The average Bonchev–Trinajstić information content (AvgIpc) is 2.44. The number of aryl methyl sites for hydroxylation is 2. The van der Waals surface area contributed by atoms with Crippen LogP contribution in [0.1, 0.15) is 16.7 Å². The van der Waals surface area contributed by atoms with Gasteiger partial charge in [-0.3, -0.25) is 0 Å². The Morgan fingerprint density at radius 2 is 2.05 bits per heavy atom. The lowest BCUT2D eigenvalue weighted by atomic mass is 10.1. The van der Waals surface area contributed by atoms with E-state index < -0.39 is 5.97 Å². The number of aromatic nitrogens is 1. The van der Waals surface area contributed by atoms with Gasteiger partial charge in [-0.25, -0.2) is 9.78 Å². The maximum Gasteiger partial charge on any atom is 0.328 e. The topological polar surface area (TPSA) is 53.4 Å². The fourth-order valence-electron chi connectivity index (χ4n) is 2.16. The molecular weight excluding hydrogens is 264 g/mol. The molecule has 0 radical (unpaired) electrons. The molecule has 0 spiro atoms. The van der Waals surface area contributed by atoms with Crippen LogP contribution in [0.4, 0.5) is 11.5 Å². The first kappa shape index (κ1) is 14.8. The second-order valence-electron chi connectivity index (χ2n) is 4.98. The van der Waals surface area contributed by atoms with Gasteiger partial charge in [-0.2, -0.15) is 0 Å². The Kier molecular flexibility index (Phi) is 4.38. The largest absolute Gasteiger partial charge is 0.478 e. The smallest absolute Gasteiger partial charge is 0.328 e. The minimum atomic E-state index is -0.964. The minimum Gasteiger partial charge on any atom is -0.478 e. The molecule has 4 heteroatoms. The van der Waals surface area contributed by atoms with Crippen molar-refractivity contribution in [1.82, 2.24) is 4.98 Å². The quantitative estimate of drug-likeness (QED) is 0.871. The van der Waals surface area contributed by atoms with Gasteiger partial charge < -0.3 is 10.0 Å². The van der Waals surface area contributed by atoms with E-state index in [2.05, 4.69) is 24.0 Å². The number of carboxylic acid groups (broad SMARTS) is 1. The predicted molar refractivity (Wildman–Crippen MR) is 84.9 cm³/mol. The van der Waals surface area contributed by atoms with Crippen LogP contribution in [0.5, 0.6) is 0 Å². The van der Waals surface area contributed by atoms with Crippen molar-refractivity contribution in [2.24, 2.45) is 0 Å². The maximum atomic E-state index is 10.5. The number of hydrogen-bond acceptors (Lipinski definition) is 3. The van der Waals surface area contributed by atoms with Crippen LogP contribution >= 0.6 is 0 Å². The standard InChI is InChI=1S/C17H18N2O2/c1-12-5-4-6-15(9-12)19(3)17-13(2)10-14(11-18-17)7-8-16(20)21/h4-11H,1-3H3,(H,20,21)/b8-7+. The molecule has 0 saturated carbocycles. The molecule has 4 nitrogen and oxygen atoms in total. The van der Waals surface area contributed by atoms with E-state index in [-0.39, 0.29) is 0 Å². The number of anilines is 2. The van der Waals surface area contributed by atoms with E-state index in [1.165, 1.54) is 5.56 Å². The number of carboxylic acids is 1. The molecule has 2 rings (SSSR count). The van der Waals surface area contributed by atoms with Gasteiger partial charge in [0.05, 0.1) is 0 Å². The molecule has 1 aromatic carbocycles. The van der Waals surface area contributed by atoms with Crippen molar-refractivity contribution in [2.45, 2.75) is 13.8 Å². The van der Waals surface area contributed by atoms with E-state index in [0.29, 0.717) is 0 Å². The Morgan fingerprint density at radius 3 is 2.67 bits per heavy atom. The van der Waals surface area contributed by atoms with Crippen molar-refractivity contribution in [3.8, 4) is 0 Å². The van der Waals surface area contributed by atoms with Gasteiger partial charge in [0, 0.05) is 25.0 Å². The number of hydrogen-bond donors (Lipinski definition) is 1. The molecule has 21 heavy (non-hydrogen) atoms. The van der Waals surface area contributed by atoms with Crippen molar-refractivity contribution in [3.63, 3.8) is 0 Å². The molecule has 1 aromatic heterocycles. The van der Waals surface area contributed by atoms with Gasteiger partial charge in [-0.05, 0) is 54.8 Å². The molecule has 0 aliphatic rings. The molecule has 0 amide bonds. The summed E-state index contributed by atoms with van der Waals surface area (Å²) < 4.78 is 0. The first-order chi connectivity index (χ1) is 9.97. The molecule has 0 atom stereocenters. The van der Waals surface area contributed by atoms with Crippen LogP contribution in [-0.2, 0) is 4.79 Å². The highest BCUT2D eigenvalue weighted by molar-refractivity contribution is 5.85. The van der Waals surface area contributed by atoms with E-state index >= 15 is 0 Å². The molecule has 1 N–H and O–H groups in total. The van der Waals surface area contributed by atoms with Gasteiger partial charge in [-0.1, -0.05) is 12.1 Å². The molecular formula is C17H18N2O2. The first-order valence-corrected chi connectivity index (χ1v) is 6.65. The number of pyridine rings is 1. The highest BCUT2D eigenvalue weighted by atomic mass is 16.4. The van der Waals surface area contributed by atoms with Crippen LogP contribution in [0, 0.1) is 13.8 Å². The SMILES string of the molecule is Cc1cccc(N(C)c2ncc(/C=C/C(=O)O)cc2C)c1. The molecule has 0 saturated heterocycles. The number of rotatable bonds is 4. The Balaban J connectivity index is 2.30. The molecule has 0 bridgehead atoms. The van der Waals surface area contributed by atoms with Crippen molar-refractivity contribution >= 4 is 23.6 Å². The summed E-state index contributed by atoms with van der Waals surface area (Å²) in [6, 6.07) is 10.1. The third-order valence-electron chi connectivity index (χ3n) is 3.20. The van der Waals surface area contributed by atoms with Gasteiger partial charge in [0.1, 0.15) is 5.82 Å². The maximum absolute atomic E-state index is 10.5. The van der Waals surface area contributed by atoms with Crippen LogP contribution in [-0.4, -0.2) is 23.1 Å². The highest BCUT2D eigenvalue weighted by Gasteiger charge is 2.09. The molecule has 0 aliphatic carbocycles. The molecule has 0 unspecified atom stereocenters. The summed E-state index contributed by atoms with van der Waals surface area (Å²) in [7, 11) is 1.97. The van der Waals surface area contributed by atoms with E-state index in [0.717, 1.165) is 28.7 Å². The lowest BCUT2D eigenvalue weighted by Crippen LogP contribution is -2.12. The summed E-state index contributed by atoms with van der Waals surface area (Å²) in [5.74, 6) is -0.110. The Labute approximate surface area is 124 Å². The first-order valence-electron chi connectivity index (χ1n) is 6.65. The van der Waals surface area contributed by atoms with Crippen LogP contribution in [0.3, 0.4) is 0 Å². The normalized spacial score (nSPS) is 10.8. The molecule has 1 heterocycles. The van der Waals surface area contributed by atoms with Gasteiger partial charge >= 0.3 is 5.97 Å². The summed E-state index contributed by atoms with van der Waals surface area (Å²) in [6.45, 7) is 4.02. The summed E-state index contributed by atoms with van der Waals surface area (Å²) >= 11 is 0. The summed E-state index contributed by atoms with van der Waals surface area (Å²) in [5.41, 5.74) is 4.03. The van der Waals surface area contributed by atoms with E-state index in [1.54, 1.807) is 12.3 Å². The second-order valence-corrected chi connectivity index (χ2v) is 4.98. The lowest BCUT2D eigenvalue weighted by molar-refractivity contribution is -0.131. The predicted octanol–water partition coefficient (Wildman–Crippen LogP) is 3.56. The van der Waals surface area contributed by atoms with Crippen LogP contribution < -0.4 is 4.90 Å². The Bertz CT molecular complexity index is 693. The highest BCUT2D eigenvalue weighted by Crippen LogP contribution is 2.25. The summed E-state index contributed by atoms with van der Waals surface area (Å²) in [6.07, 6.45) is 4.33. The minimum absolute atomic E-state index is 0.774. The summed E-state index contributed by atoms with van der Waals surface area (Å²) in [5, 5.41) is 8.65. The average molecular weight is 282 g/mol. The van der Waals surface area contributed by atoms with Gasteiger partial charge in [0.15, 0.2) is 0 Å². The lowest BCUT2D eigenvalue weighted by Gasteiger charge is -2.21. The van der Waals surface area contributed by atoms with E-state index in [1.807, 2.05) is 37.1 Å². The van der Waals surface area contributed by atoms with E-state index in [9.17, 15) is 4.79 Å². The zero-order valence-electron chi connectivity index (χ0n) is 12.4. The van der Waals surface area contributed by atoms with Crippen molar-refractivity contribution in [1.29, 1.82) is 0 Å². The number of nitrogens with zero attached hydrogens (tertiary/aromatic N) is 2. The van der Waals surface area contributed by atoms with Gasteiger partial charge in [0.25, 0.3) is 0 Å². The van der Waals surface area contributed by atoms with Crippen LogP contribution in [0.25, 0.3) is 6.08 Å². The Morgan fingerprint density at radius 1 is 1.29 bits per heavy atom. The van der Waals surface area contributed by atoms with Crippen LogP contribution in [0.15, 0.2) is 42.6 Å². The number of carbonyl (C=O) groups is 1. The number of benzene rings is 1. The molecule has 0 fully saturated rings. The fraction of sp³-hybridized carbons (Fsp3) is 0.176. The van der Waals surface area contributed by atoms with Crippen LogP contribution in [0.2, 0.25) is 0 Å². The fourth-order valence-corrected chi connectivity index (χ4v) is 2.16. The molecule has 108 valence electrons. The van der Waals surface area contributed by atoms with E-state index in [4.69, 9.17) is 5.11 Å². The Hall–Kier alpha value is -2.62. The third kappa shape index (κ3) is 3.69. The van der Waals surface area contributed by atoms with Gasteiger partial charge in [-0.15, -0.1) is 0 Å². The zero-order valence-corrected chi connectivity index (χ0v) is 12.4. The molecule has 0 aliphatic heterocycles. The second kappa shape index (κ2) is 6.22. The monoisotopic (exact) mass is 282 g/mol. The third-order valence-corrected chi connectivity index (χ3v) is 3.20. The number of aliphatic carboxylic acids is 1. The van der Waals surface area contributed by atoms with Gasteiger partial charge in [0.2, 0.25) is 0 Å². The van der Waals surface area contributed by atoms with Crippen molar-refractivity contribution in [3.05, 3.63) is 59.3 Å².